The first-order valence-corrected chi connectivity index (χ1v) is 15.5. The number of allylic oxidation sites excluding steroid dienone is 4. The molecule has 4 nitrogen and oxygen atoms in total. The van der Waals surface area contributed by atoms with Crippen LogP contribution in [0.2, 0.25) is 0 Å². The van der Waals surface area contributed by atoms with E-state index in [9.17, 15) is 0 Å². The predicted octanol–water partition coefficient (Wildman–Crippen LogP) is 9.65. The molecule has 4 heteroatoms. The Morgan fingerprint density at radius 1 is 0.489 bits per heavy atom. The molecule has 0 fully saturated rings. The Hall–Kier alpha value is -5.45. The molecule has 0 saturated carbocycles. The number of nitrogens with two attached hydrogens (primary N) is 1. The van der Waals surface area contributed by atoms with Crippen LogP contribution >= 0.6 is 0 Å². The number of hydrogen-bond donors (Lipinski definition) is 1. The first-order chi connectivity index (χ1) is 22.2. The lowest BCUT2D eigenvalue weighted by Gasteiger charge is -2.11. The van der Waals surface area contributed by atoms with E-state index in [4.69, 9.17) is 20.7 Å². The Morgan fingerprint density at radius 3 is 1.69 bits per heavy atom. The third kappa shape index (κ3) is 6.42. The van der Waals surface area contributed by atoms with Crippen LogP contribution in [0.3, 0.4) is 0 Å². The van der Waals surface area contributed by atoms with Gasteiger partial charge in [0.1, 0.15) is 0 Å². The molecule has 1 aliphatic carbocycles. The second-order valence-electron chi connectivity index (χ2n) is 11.3. The number of aromatic nitrogens is 3. The maximum Gasteiger partial charge on any atom is 0.164 e. The summed E-state index contributed by atoms with van der Waals surface area (Å²) in [7, 11) is 0. The van der Waals surface area contributed by atoms with Crippen LogP contribution in [-0.4, -0.2) is 15.0 Å². The van der Waals surface area contributed by atoms with Crippen LogP contribution in [0.25, 0.3) is 56.4 Å². The lowest BCUT2D eigenvalue weighted by Crippen LogP contribution is -2.01. The van der Waals surface area contributed by atoms with Gasteiger partial charge in [0.15, 0.2) is 17.5 Å². The fourth-order valence-corrected chi connectivity index (χ4v) is 5.78. The van der Waals surface area contributed by atoms with Crippen molar-refractivity contribution in [2.24, 2.45) is 5.73 Å². The Balaban J connectivity index is 1.22. The van der Waals surface area contributed by atoms with Crippen LogP contribution in [0.5, 0.6) is 0 Å². The van der Waals surface area contributed by atoms with Gasteiger partial charge in [-0.2, -0.15) is 0 Å². The molecule has 0 spiro atoms. The van der Waals surface area contributed by atoms with Gasteiger partial charge in [0.2, 0.25) is 0 Å². The monoisotopic (exact) mass is 582 g/mol. The maximum absolute atomic E-state index is 5.83. The van der Waals surface area contributed by atoms with Gasteiger partial charge in [-0.05, 0) is 64.3 Å². The second kappa shape index (κ2) is 13.0. The first kappa shape index (κ1) is 28.3. The van der Waals surface area contributed by atoms with Gasteiger partial charge in [-0.25, -0.2) is 15.0 Å². The average molecular weight is 583 g/mol. The van der Waals surface area contributed by atoms with E-state index < -0.39 is 0 Å². The van der Waals surface area contributed by atoms with Crippen LogP contribution in [-0.2, 0) is 6.54 Å². The first-order valence-electron chi connectivity index (χ1n) is 15.5. The standard InChI is InChI=1S/C41H34N4/c42-28-29-18-20-34(21-19-29)40-43-39(33-12-5-2-6-13-33)44-41(45-40)38-17-9-16-37(27-38)32-24-22-31(23-25-32)36-15-8-7-14-35(26-36)30-10-3-1-4-11-30/h1-6,9-13,15-27H,7-8,14,28,42H2. The molecule has 0 unspecified atom stereocenters. The average Bonchev–Trinajstić information content (AvgIpc) is 3.39. The van der Waals surface area contributed by atoms with Crippen LogP contribution in [0.1, 0.15) is 36.0 Å². The molecule has 218 valence electrons. The molecule has 0 amide bonds. The van der Waals surface area contributed by atoms with Gasteiger partial charge in [-0.3, -0.25) is 0 Å². The Kier molecular flexibility index (Phi) is 8.21. The van der Waals surface area contributed by atoms with Crippen LogP contribution in [0, 0.1) is 0 Å². The molecule has 0 saturated heterocycles. The van der Waals surface area contributed by atoms with E-state index in [1.54, 1.807) is 0 Å². The highest BCUT2D eigenvalue weighted by molar-refractivity contribution is 5.85. The predicted molar refractivity (Wildman–Crippen MR) is 186 cm³/mol. The van der Waals surface area contributed by atoms with E-state index in [2.05, 4.69) is 91.0 Å². The molecule has 1 heterocycles. The highest BCUT2D eigenvalue weighted by Crippen LogP contribution is 2.32. The Bertz CT molecular complexity index is 1970. The zero-order chi connectivity index (χ0) is 30.4. The molecule has 1 aromatic heterocycles. The summed E-state index contributed by atoms with van der Waals surface area (Å²) in [5.74, 6) is 1.92. The van der Waals surface area contributed by atoms with Gasteiger partial charge in [-0.15, -0.1) is 0 Å². The fourth-order valence-electron chi connectivity index (χ4n) is 5.78. The molecule has 0 bridgehead atoms. The van der Waals surface area contributed by atoms with E-state index in [0.717, 1.165) is 46.2 Å². The summed E-state index contributed by atoms with van der Waals surface area (Å²) in [5.41, 5.74) is 17.2. The Morgan fingerprint density at radius 2 is 1.02 bits per heavy atom. The molecule has 7 rings (SSSR count). The summed E-state index contributed by atoms with van der Waals surface area (Å²) in [4.78, 5) is 14.7. The van der Waals surface area contributed by atoms with Crippen molar-refractivity contribution in [2.75, 3.05) is 0 Å². The van der Waals surface area contributed by atoms with Crippen molar-refractivity contribution in [3.63, 3.8) is 0 Å². The molecule has 6 aromatic rings. The van der Waals surface area contributed by atoms with E-state index in [0.29, 0.717) is 24.0 Å². The van der Waals surface area contributed by atoms with Gasteiger partial charge < -0.3 is 5.73 Å². The summed E-state index contributed by atoms with van der Waals surface area (Å²) in [6.07, 6.45) is 8.08. The minimum absolute atomic E-state index is 0.495. The van der Waals surface area contributed by atoms with Crippen molar-refractivity contribution in [3.05, 3.63) is 162 Å². The zero-order valence-electron chi connectivity index (χ0n) is 25.1. The lowest BCUT2D eigenvalue weighted by molar-refractivity contribution is 0.887. The maximum atomic E-state index is 5.83. The van der Waals surface area contributed by atoms with Gasteiger partial charge in [0.25, 0.3) is 0 Å². The van der Waals surface area contributed by atoms with Crippen LogP contribution in [0.4, 0.5) is 0 Å². The van der Waals surface area contributed by atoms with Crippen LogP contribution in [0.15, 0.2) is 146 Å². The molecule has 0 radical (unpaired) electrons. The zero-order valence-corrected chi connectivity index (χ0v) is 25.1. The van der Waals surface area contributed by atoms with Gasteiger partial charge in [0, 0.05) is 23.2 Å². The van der Waals surface area contributed by atoms with Crippen molar-refractivity contribution in [1.82, 2.24) is 15.0 Å². The molecule has 0 aliphatic heterocycles. The van der Waals surface area contributed by atoms with Gasteiger partial charge in [0.05, 0.1) is 0 Å². The summed E-state index contributed by atoms with van der Waals surface area (Å²) >= 11 is 0. The van der Waals surface area contributed by atoms with Crippen molar-refractivity contribution in [2.45, 2.75) is 25.8 Å². The van der Waals surface area contributed by atoms with Crippen LogP contribution < -0.4 is 5.73 Å². The normalized spacial score (nSPS) is 13.1. The SMILES string of the molecule is NCc1ccc(-c2nc(-c3ccccc3)nc(-c3cccc(-c4ccc(C5=CCCCC(c6ccccc6)=C5)cc4)c3)n2)cc1. The highest BCUT2D eigenvalue weighted by atomic mass is 15.0. The van der Waals surface area contributed by atoms with E-state index in [-0.39, 0.29) is 0 Å². The van der Waals surface area contributed by atoms with Crippen molar-refractivity contribution >= 4 is 11.1 Å². The van der Waals surface area contributed by atoms with E-state index in [1.165, 1.54) is 28.7 Å². The molecule has 0 atom stereocenters. The largest absolute Gasteiger partial charge is 0.326 e. The summed E-state index contributed by atoms with van der Waals surface area (Å²) < 4.78 is 0. The van der Waals surface area contributed by atoms with E-state index >= 15 is 0 Å². The van der Waals surface area contributed by atoms with Gasteiger partial charge in [-0.1, -0.05) is 140 Å². The molecule has 2 N–H and O–H groups in total. The highest BCUT2D eigenvalue weighted by Gasteiger charge is 2.14. The number of rotatable bonds is 7. The van der Waals surface area contributed by atoms with Gasteiger partial charge >= 0.3 is 0 Å². The number of benzene rings is 5. The minimum atomic E-state index is 0.495. The molecule has 1 aliphatic rings. The minimum Gasteiger partial charge on any atom is -0.326 e. The van der Waals surface area contributed by atoms with Crippen molar-refractivity contribution in [1.29, 1.82) is 0 Å². The molecule has 5 aromatic carbocycles. The summed E-state index contributed by atoms with van der Waals surface area (Å²) in [6, 6.07) is 46.2. The third-order valence-corrected chi connectivity index (χ3v) is 8.28. The van der Waals surface area contributed by atoms with E-state index in [1.807, 2.05) is 54.6 Å². The quantitative estimate of drug-likeness (QED) is 0.204. The fraction of sp³-hybridized carbons (Fsp3) is 0.0976. The lowest BCUT2D eigenvalue weighted by atomic mass is 9.96. The topological polar surface area (TPSA) is 64.7 Å². The smallest absolute Gasteiger partial charge is 0.164 e. The van der Waals surface area contributed by atoms with Crippen molar-refractivity contribution in [3.8, 4) is 45.3 Å². The molecular formula is C41H34N4. The van der Waals surface area contributed by atoms with Crippen molar-refractivity contribution < 1.29 is 0 Å². The second-order valence-corrected chi connectivity index (χ2v) is 11.3. The summed E-state index contributed by atoms with van der Waals surface area (Å²) in [5, 5.41) is 0. The number of hydrogen-bond acceptors (Lipinski definition) is 4. The Labute approximate surface area is 264 Å². The summed E-state index contributed by atoms with van der Waals surface area (Å²) in [6.45, 7) is 0.495. The molecular weight excluding hydrogens is 548 g/mol. The molecule has 45 heavy (non-hydrogen) atoms. The third-order valence-electron chi connectivity index (χ3n) is 8.28. The number of nitrogens with zero attached hydrogens (tertiary/aromatic N) is 3.